The molecule has 0 radical (unpaired) electrons. The Bertz CT molecular complexity index is 850. The molecule has 3 nitrogen and oxygen atoms in total. The zero-order valence-corrected chi connectivity index (χ0v) is 15.7. The predicted molar refractivity (Wildman–Crippen MR) is 102 cm³/mol. The van der Waals surface area contributed by atoms with Crippen molar-refractivity contribution in [2.45, 2.75) is 38.3 Å². The molecule has 2 atom stereocenters. The normalized spacial score (nSPS) is 24.0. The first-order valence-corrected chi connectivity index (χ1v) is 9.45. The van der Waals surface area contributed by atoms with Crippen molar-refractivity contribution in [1.29, 1.82) is 0 Å². The van der Waals surface area contributed by atoms with Crippen LogP contribution in [0.15, 0.2) is 48.5 Å². The van der Waals surface area contributed by atoms with E-state index in [1.165, 1.54) is 18.2 Å². The number of carbonyl (C=O) groups is 1. The number of piperidine rings is 1. The monoisotopic (exact) mass is 370 g/mol. The van der Waals surface area contributed by atoms with Crippen LogP contribution in [0.25, 0.3) is 0 Å². The molecule has 2 aliphatic heterocycles. The summed E-state index contributed by atoms with van der Waals surface area (Å²) in [6, 6.07) is 12.8. The minimum atomic E-state index is -0.339. The van der Waals surface area contributed by atoms with Gasteiger partial charge in [-0.15, -0.1) is 0 Å². The number of hydrogen-bond acceptors (Lipinski definition) is 2. The number of halogens is 2. The van der Waals surface area contributed by atoms with E-state index in [0.29, 0.717) is 30.6 Å². The van der Waals surface area contributed by atoms with Crippen LogP contribution < -0.4 is 4.90 Å². The van der Waals surface area contributed by atoms with Crippen molar-refractivity contribution in [2.24, 2.45) is 5.92 Å². The summed E-state index contributed by atoms with van der Waals surface area (Å²) in [5, 5.41) is 0. The molecule has 0 spiro atoms. The summed E-state index contributed by atoms with van der Waals surface area (Å²) in [4.78, 5) is 17.0. The van der Waals surface area contributed by atoms with Gasteiger partial charge >= 0.3 is 0 Å². The number of amides is 1. The molecule has 1 amide bonds. The molecule has 2 aromatic rings. The Morgan fingerprint density at radius 2 is 1.81 bits per heavy atom. The molecule has 2 heterocycles. The molecule has 5 heteroatoms. The Hall–Kier alpha value is -2.43. The van der Waals surface area contributed by atoms with Crippen molar-refractivity contribution in [3.05, 3.63) is 65.7 Å². The first-order valence-electron chi connectivity index (χ1n) is 9.45. The van der Waals surface area contributed by atoms with E-state index in [4.69, 9.17) is 0 Å². The molecule has 0 N–H and O–H groups in total. The van der Waals surface area contributed by atoms with Crippen molar-refractivity contribution in [3.8, 4) is 0 Å². The van der Waals surface area contributed by atoms with E-state index in [0.717, 1.165) is 18.5 Å². The minimum absolute atomic E-state index is 0.0459. The Balaban J connectivity index is 1.54. The lowest BCUT2D eigenvalue weighted by molar-refractivity contribution is 0.0667. The number of carbonyl (C=O) groups excluding carboxylic acids is 1. The molecule has 0 bridgehead atoms. The number of nitrogens with zero attached hydrogens (tertiary/aromatic N) is 2. The van der Waals surface area contributed by atoms with Crippen LogP contribution in [0.3, 0.4) is 0 Å². The number of hydrogen-bond donors (Lipinski definition) is 0. The maximum atomic E-state index is 13.8. The van der Waals surface area contributed by atoms with Crippen LogP contribution in [-0.4, -0.2) is 35.5 Å². The lowest BCUT2D eigenvalue weighted by atomic mass is 9.89. The lowest BCUT2D eigenvalue weighted by Gasteiger charge is -2.42. The first kappa shape index (κ1) is 18.0. The maximum absolute atomic E-state index is 13.8. The van der Waals surface area contributed by atoms with Gasteiger partial charge in [-0.1, -0.05) is 6.07 Å². The van der Waals surface area contributed by atoms with Gasteiger partial charge in [-0.25, -0.2) is 8.78 Å². The second kappa shape index (κ2) is 6.63. The largest absolute Gasteiger partial charge is 0.363 e. The predicted octanol–water partition coefficient (Wildman–Crippen LogP) is 4.48. The molecule has 0 aromatic heterocycles. The highest BCUT2D eigenvalue weighted by Crippen LogP contribution is 2.44. The van der Waals surface area contributed by atoms with E-state index in [1.54, 1.807) is 24.3 Å². The Morgan fingerprint density at radius 3 is 2.52 bits per heavy atom. The fraction of sp³-hybridized carbons (Fsp3) is 0.409. The van der Waals surface area contributed by atoms with Crippen molar-refractivity contribution in [2.75, 3.05) is 18.0 Å². The van der Waals surface area contributed by atoms with Gasteiger partial charge < -0.3 is 9.80 Å². The van der Waals surface area contributed by atoms with Crippen LogP contribution in [-0.2, 0) is 0 Å². The van der Waals surface area contributed by atoms with E-state index < -0.39 is 0 Å². The summed E-state index contributed by atoms with van der Waals surface area (Å²) in [7, 11) is 0. The van der Waals surface area contributed by atoms with Gasteiger partial charge in [0.05, 0.1) is 0 Å². The first-order chi connectivity index (χ1) is 12.8. The second-order valence-corrected chi connectivity index (χ2v) is 8.24. The molecular weight excluding hydrogens is 346 g/mol. The van der Waals surface area contributed by atoms with Crippen molar-refractivity contribution < 1.29 is 13.6 Å². The third-order valence-corrected chi connectivity index (χ3v) is 5.90. The van der Waals surface area contributed by atoms with Crippen molar-refractivity contribution >= 4 is 11.6 Å². The van der Waals surface area contributed by atoms with Gasteiger partial charge in [0.1, 0.15) is 11.6 Å². The fourth-order valence-corrected chi connectivity index (χ4v) is 4.88. The second-order valence-electron chi connectivity index (χ2n) is 8.24. The third kappa shape index (κ3) is 3.31. The molecular formula is C22H24F2N2O. The number of benzene rings is 2. The minimum Gasteiger partial charge on any atom is -0.363 e. The highest BCUT2D eigenvalue weighted by molar-refractivity contribution is 5.94. The molecule has 0 aliphatic carbocycles. The smallest absolute Gasteiger partial charge is 0.253 e. The van der Waals surface area contributed by atoms with Crippen LogP contribution in [0.4, 0.5) is 14.5 Å². The van der Waals surface area contributed by atoms with E-state index in [2.05, 4.69) is 18.7 Å². The Morgan fingerprint density at radius 1 is 1.07 bits per heavy atom. The van der Waals surface area contributed by atoms with Crippen LogP contribution in [0, 0.1) is 17.6 Å². The molecule has 2 fully saturated rings. The van der Waals surface area contributed by atoms with E-state index in [-0.39, 0.29) is 23.1 Å². The summed E-state index contributed by atoms with van der Waals surface area (Å²) < 4.78 is 26.9. The van der Waals surface area contributed by atoms with Crippen molar-refractivity contribution in [1.82, 2.24) is 4.90 Å². The average Bonchev–Trinajstić information content (AvgIpc) is 2.90. The Kier molecular flexibility index (Phi) is 4.41. The molecule has 2 aromatic carbocycles. The van der Waals surface area contributed by atoms with Gasteiger partial charge in [0, 0.05) is 35.9 Å². The SMILES string of the molecule is CC1(C)C[C@@H]2CN(C(=O)c3ccc(F)cc3)CC[C@@H]2N1c1cccc(F)c1. The standard InChI is InChI=1S/C22H24F2N2O/c1-22(2)13-16-14-25(21(27)15-6-8-17(23)9-7-15)11-10-20(16)26(22)19-5-3-4-18(24)12-19/h3-9,12,16,20H,10-11,13-14H2,1-2H3/t16-,20+/m1/s1. The van der Waals surface area contributed by atoms with Gasteiger partial charge in [0.15, 0.2) is 0 Å². The molecule has 0 unspecified atom stereocenters. The third-order valence-electron chi connectivity index (χ3n) is 5.90. The summed E-state index contributed by atoms with van der Waals surface area (Å²) in [6.07, 6.45) is 1.79. The van der Waals surface area contributed by atoms with Crippen LogP contribution in [0.2, 0.25) is 0 Å². The quantitative estimate of drug-likeness (QED) is 0.778. The molecule has 2 aliphatic rings. The summed E-state index contributed by atoms with van der Waals surface area (Å²) in [5.41, 5.74) is 1.33. The Labute approximate surface area is 158 Å². The van der Waals surface area contributed by atoms with Crippen LogP contribution in [0.5, 0.6) is 0 Å². The van der Waals surface area contributed by atoms with E-state index in [9.17, 15) is 13.6 Å². The molecule has 0 saturated carbocycles. The zero-order chi connectivity index (χ0) is 19.2. The lowest BCUT2D eigenvalue weighted by Crippen LogP contribution is -2.50. The molecule has 142 valence electrons. The summed E-state index contributed by atoms with van der Waals surface area (Å²) >= 11 is 0. The van der Waals surface area contributed by atoms with Gasteiger partial charge in [-0.2, -0.15) is 0 Å². The topological polar surface area (TPSA) is 23.6 Å². The molecule has 4 rings (SSSR count). The van der Waals surface area contributed by atoms with Crippen LogP contribution >= 0.6 is 0 Å². The molecule has 2 saturated heterocycles. The number of fused-ring (bicyclic) bond motifs is 1. The van der Waals surface area contributed by atoms with Gasteiger partial charge in [-0.3, -0.25) is 4.79 Å². The van der Waals surface area contributed by atoms with Gasteiger partial charge in [0.25, 0.3) is 5.91 Å². The maximum Gasteiger partial charge on any atom is 0.253 e. The number of anilines is 1. The zero-order valence-electron chi connectivity index (χ0n) is 15.7. The summed E-state index contributed by atoms with van der Waals surface area (Å²) in [6.45, 7) is 5.69. The highest BCUT2D eigenvalue weighted by Gasteiger charge is 2.48. The number of rotatable bonds is 2. The summed E-state index contributed by atoms with van der Waals surface area (Å²) in [5.74, 6) is -0.277. The van der Waals surface area contributed by atoms with Crippen LogP contribution in [0.1, 0.15) is 37.0 Å². The molecule has 27 heavy (non-hydrogen) atoms. The van der Waals surface area contributed by atoms with Crippen molar-refractivity contribution in [3.63, 3.8) is 0 Å². The van der Waals surface area contributed by atoms with E-state index >= 15 is 0 Å². The van der Waals surface area contributed by atoms with Gasteiger partial charge in [0.2, 0.25) is 0 Å². The van der Waals surface area contributed by atoms with Gasteiger partial charge in [-0.05, 0) is 75.1 Å². The number of likely N-dealkylation sites (tertiary alicyclic amines) is 1. The fourth-order valence-electron chi connectivity index (χ4n) is 4.88. The average molecular weight is 370 g/mol. The highest BCUT2D eigenvalue weighted by atomic mass is 19.1. The van der Waals surface area contributed by atoms with E-state index in [1.807, 2.05) is 11.0 Å².